The van der Waals surface area contributed by atoms with Gasteiger partial charge in [-0.15, -0.1) is 0 Å². The van der Waals surface area contributed by atoms with Crippen LogP contribution in [0.25, 0.3) is 11.1 Å². The molecule has 5 heteroatoms. The first-order chi connectivity index (χ1) is 12.0. The Kier molecular flexibility index (Phi) is 3.86. The van der Waals surface area contributed by atoms with E-state index < -0.39 is 0 Å². The molecule has 25 heavy (non-hydrogen) atoms. The zero-order valence-electron chi connectivity index (χ0n) is 15.0. The van der Waals surface area contributed by atoms with Crippen molar-refractivity contribution >= 4 is 17.0 Å². The van der Waals surface area contributed by atoms with Crippen molar-refractivity contribution in [2.75, 3.05) is 13.1 Å². The average Bonchev–Trinajstić information content (AvgIpc) is 3.18. The molecule has 5 nitrogen and oxygen atoms in total. The monoisotopic (exact) mass is 337 g/mol. The van der Waals surface area contributed by atoms with Gasteiger partial charge in [-0.05, 0) is 44.9 Å². The van der Waals surface area contributed by atoms with Crippen molar-refractivity contribution in [1.82, 2.24) is 14.5 Å². The number of rotatable bonds is 2. The molecule has 1 fully saturated rings. The predicted molar refractivity (Wildman–Crippen MR) is 96.8 cm³/mol. The Balaban J connectivity index is 1.58. The van der Waals surface area contributed by atoms with Crippen LogP contribution >= 0.6 is 0 Å². The lowest BCUT2D eigenvalue weighted by Gasteiger charge is -2.31. The maximum absolute atomic E-state index is 13.0. The van der Waals surface area contributed by atoms with Crippen molar-refractivity contribution in [3.63, 3.8) is 0 Å². The zero-order chi connectivity index (χ0) is 17.6. The molecule has 4 rings (SSSR count). The van der Waals surface area contributed by atoms with Crippen LogP contribution < -0.4 is 0 Å². The average molecular weight is 337 g/mol. The van der Waals surface area contributed by atoms with Crippen LogP contribution in [0.1, 0.15) is 46.4 Å². The summed E-state index contributed by atoms with van der Waals surface area (Å²) in [6.45, 7) is 5.49. The lowest BCUT2D eigenvalue weighted by atomic mass is 9.97. The first-order valence-corrected chi connectivity index (χ1v) is 8.82. The van der Waals surface area contributed by atoms with Gasteiger partial charge in [0, 0.05) is 31.5 Å². The minimum absolute atomic E-state index is 0.113. The Hall–Kier alpha value is -2.56. The van der Waals surface area contributed by atoms with Crippen molar-refractivity contribution in [2.45, 2.75) is 32.6 Å². The summed E-state index contributed by atoms with van der Waals surface area (Å²) in [6, 6.07) is 9.80. The van der Waals surface area contributed by atoms with Crippen molar-refractivity contribution in [3.05, 3.63) is 53.2 Å². The minimum Gasteiger partial charge on any atom is -0.440 e. The van der Waals surface area contributed by atoms with E-state index >= 15 is 0 Å². The molecule has 0 N–H and O–H groups in total. The quantitative estimate of drug-likeness (QED) is 0.714. The smallest absolute Gasteiger partial charge is 0.255 e. The van der Waals surface area contributed by atoms with E-state index in [0.717, 1.165) is 53.3 Å². The lowest BCUT2D eigenvalue weighted by Crippen LogP contribution is -2.39. The summed E-state index contributed by atoms with van der Waals surface area (Å²) in [5, 5.41) is 0. The van der Waals surface area contributed by atoms with Gasteiger partial charge in [0.15, 0.2) is 11.5 Å². The number of carbonyl (C=O) groups excluding carboxylic acids is 1. The molecule has 1 unspecified atom stereocenters. The van der Waals surface area contributed by atoms with Gasteiger partial charge >= 0.3 is 0 Å². The highest BCUT2D eigenvalue weighted by Crippen LogP contribution is 2.30. The fourth-order valence-corrected chi connectivity index (χ4v) is 3.67. The van der Waals surface area contributed by atoms with E-state index in [-0.39, 0.29) is 11.8 Å². The van der Waals surface area contributed by atoms with Gasteiger partial charge in [0.05, 0.1) is 11.5 Å². The zero-order valence-corrected chi connectivity index (χ0v) is 15.0. The number of para-hydroxylation sites is 2. The number of oxazole rings is 1. The summed E-state index contributed by atoms with van der Waals surface area (Å²) < 4.78 is 8.00. The Labute approximate surface area is 147 Å². The Morgan fingerprint density at radius 3 is 2.80 bits per heavy atom. The van der Waals surface area contributed by atoms with Crippen molar-refractivity contribution < 1.29 is 9.21 Å². The SMILES string of the molecule is Cc1cc(C(=O)N2CCCC(c3nc4ccccc4o3)C2)c(C)n1C. The minimum atomic E-state index is 0.113. The highest BCUT2D eigenvalue weighted by molar-refractivity contribution is 5.95. The predicted octanol–water partition coefficient (Wildman–Crippen LogP) is 3.80. The summed E-state index contributed by atoms with van der Waals surface area (Å²) >= 11 is 0. The van der Waals surface area contributed by atoms with Crippen molar-refractivity contribution in [3.8, 4) is 0 Å². The number of fused-ring (bicyclic) bond motifs is 1. The second-order valence-electron chi connectivity index (χ2n) is 6.95. The van der Waals surface area contributed by atoms with E-state index in [1.54, 1.807) is 0 Å². The topological polar surface area (TPSA) is 51.3 Å². The van der Waals surface area contributed by atoms with Crippen LogP contribution in [0.3, 0.4) is 0 Å². The first-order valence-electron chi connectivity index (χ1n) is 8.82. The Morgan fingerprint density at radius 2 is 2.08 bits per heavy atom. The van der Waals surface area contributed by atoms with E-state index in [1.807, 2.05) is 56.1 Å². The van der Waals surface area contributed by atoms with E-state index in [9.17, 15) is 4.79 Å². The molecule has 0 bridgehead atoms. The third-order valence-corrected chi connectivity index (χ3v) is 5.37. The molecule has 1 atom stereocenters. The van der Waals surface area contributed by atoms with Gasteiger partial charge < -0.3 is 13.9 Å². The van der Waals surface area contributed by atoms with E-state index in [4.69, 9.17) is 4.42 Å². The second-order valence-corrected chi connectivity index (χ2v) is 6.95. The van der Waals surface area contributed by atoms with Crippen LogP contribution in [0.15, 0.2) is 34.7 Å². The number of hydrogen-bond acceptors (Lipinski definition) is 3. The summed E-state index contributed by atoms with van der Waals surface area (Å²) in [5.41, 5.74) is 4.63. The molecule has 0 radical (unpaired) electrons. The van der Waals surface area contributed by atoms with Gasteiger partial charge in [-0.1, -0.05) is 12.1 Å². The number of carbonyl (C=O) groups is 1. The Morgan fingerprint density at radius 1 is 1.28 bits per heavy atom. The van der Waals surface area contributed by atoms with Crippen molar-refractivity contribution in [1.29, 1.82) is 0 Å². The molecule has 1 aliphatic rings. The molecule has 1 aliphatic heterocycles. The van der Waals surface area contributed by atoms with E-state index in [0.29, 0.717) is 6.54 Å². The highest BCUT2D eigenvalue weighted by atomic mass is 16.3. The van der Waals surface area contributed by atoms with Crippen LogP contribution in [-0.2, 0) is 7.05 Å². The maximum Gasteiger partial charge on any atom is 0.255 e. The van der Waals surface area contributed by atoms with Crippen LogP contribution in [0, 0.1) is 13.8 Å². The van der Waals surface area contributed by atoms with Gasteiger partial charge in [0.25, 0.3) is 5.91 Å². The molecule has 0 spiro atoms. The molecule has 3 aromatic rings. The number of piperidine rings is 1. The molecule has 3 heterocycles. The molecule has 1 aromatic carbocycles. The van der Waals surface area contributed by atoms with E-state index in [1.165, 1.54) is 0 Å². The largest absolute Gasteiger partial charge is 0.440 e. The van der Waals surface area contributed by atoms with Gasteiger partial charge in [-0.3, -0.25) is 4.79 Å². The normalized spacial score (nSPS) is 18.0. The second kappa shape index (κ2) is 6.06. The van der Waals surface area contributed by atoms with Gasteiger partial charge in [-0.2, -0.15) is 0 Å². The summed E-state index contributed by atoms with van der Waals surface area (Å²) in [4.78, 5) is 19.6. The fraction of sp³-hybridized carbons (Fsp3) is 0.400. The third-order valence-electron chi connectivity index (χ3n) is 5.37. The van der Waals surface area contributed by atoms with Crippen LogP contribution in [0.4, 0.5) is 0 Å². The molecule has 0 aliphatic carbocycles. The molecular formula is C20H23N3O2. The maximum atomic E-state index is 13.0. The number of benzene rings is 1. The number of likely N-dealkylation sites (tertiary alicyclic amines) is 1. The standard InChI is InChI=1S/C20H23N3O2/c1-13-11-16(14(2)22(13)3)20(24)23-10-6-7-15(12-23)19-21-17-8-4-5-9-18(17)25-19/h4-5,8-9,11,15H,6-7,10,12H2,1-3H3. The first kappa shape index (κ1) is 15.9. The summed E-state index contributed by atoms with van der Waals surface area (Å²) in [6.07, 6.45) is 1.98. The fourth-order valence-electron chi connectivity index (χ4n) is 3.67. The summed E-state index contributed by atoms with van der Waals surface area (Å²) in [5.74, 6) is 1.02. The van der Waals surface area contributed by atoms with Gasteiger partial charge in [-0.25, -0.2) is 4.98 Å². The number of aryl methyl sites for hydroxylation is 1. The Bertz CT molecular complexity index is 905. The molecule has 1 amide bonds. The number of hydrogen-bond donors (Lipinski definition) is 0. The van der Waals surface area contributed by atoms with Gasteiger partial charge in [0.2, 0.25) is 0 Å². The third kappa shape index (κ3) is 2.73. The molecule has 130 valence electrons. The number of aromatic nitrogens is 2. The van der Waals surface area contributed by atoms with Crippen LogP contribution in [0.2, 0.25) is 0 Å². The van der Waals surface area contributed by atoms with E-state index in [2.05, 4.69) is 9.55 Å². The summed E-state index contributed by atoms with van der Waals surface area (Å²) in [7, 11) is 2.00. The molecule has 2 aromatic heterocycles. The van der Waals surface area contributed by atoms with Crippen LogP contribution in [0.5, 0.6) is 0 Å². The van der Waals surface area contributed by atoms with Crippen molar-refractivity contribution in [2.24, 2.45) is 7.05 Å². The molecule has 1 saturated heterocycles. The van der Waals surface area contributed by atoms with Gasteiger partial charge in [0.1, 0.15) is 5.52 Å². The highest BCUT2D eigenvalue weighted by Gasteiger charge is 2.29. The number of nitrogens with zero attached hydrogens (tertiary/aromatic N) is 3. The number of amides is 1. The molecule has 0 saturated carbocycles. The molecular weight excluding hydrogens is 314 g/mol. The lowest BCUT2D eigenvalue weighted by molar-refractivity contribution is 0.0698. The van der Waals surface area contributed by atoms with Crippen LogP contribution in [-0.4, -0.2) is 33.4 Å².